The van der Waals surface area contributed by atoms with Gasteiger partial charge in [0.1, 0.15) is 11.4 Å². The average molecular weight is 404 g/mol. The zero-order valence-electron chi connectivity index (χ0n) is 15.9. The molecule has 0 radical (unpaired) electrons. The number of aryl methyl sites for hydroxylation is 1. The van der Waals surface area contributed by atoms with Gasteiger partial charge in [-0.25, -0.2) is 18.2 Å². The number of aromatic carboxylic acids is 1. The van der Waals surface area contributed by atoms with Crippen LogP contribution in [0.4, 0.5) is 11.5 Å². The van der Waals surface area contributed by atoms with Crippen molar-refractivity contribution in [2.45, 2.75) is 43.9 Å². The van der Waals surface area contributed by atoms with E-state index in [1.165, 1.54) is 24.4 Å². The summed E-state index contributed by atoms with van der Waals surface area (Å²) in [5, 5.41) is 9.62. The summed E-state index contributed by atoms with van der Waals surface area (Å²) in [6.45, 7) is 3.50. The Morgan fingerprint density at radius 1 is 1.14 bits per heavy atom. The largest absolute Gasteiger partial charge is 0.478 e. The van der Waals surface area contributed by atoms with Gasteiger partial charge in [-0.05, 0) is 43.0 Å². The van der Waals surface area contributed by atoms with Crippen LogP contribution in [0.1, 0.15) is 48.5 Å². The Balaban J connectivity index is 1.87. The second kappa shape index (κ2) is 8.60. The highest BCUT2D eigenvalue weighted by atomic mass is 32.2. The Labute approximate surface area is 165 Å². The van der Waals surface area contributed by atoms with Crippen molar-refractivity contribution in [3.8, 4) is 0 Å². The SMILES string of the molecule is CCc1ccc(S(=O)(=O)Nc2cnc(N3CCCCCC3)c(C(=O)O)c2)cc1. The molecule has 0 unspecified atom stereocenters. The van der Waals surface area contributed by atoms with E-state index in [-0.39, 0.29) is 16.1 Å². The first-order valence-electron chi connectivity index (χ1n) is 9.51. The maximum atomic E-state index is 12.6. The molecule has 0 bridgehead atoms. The summed E-state index contributed by atoms with van der Waals surface area (Å²) in [6.07, 6.45) is 6.41. The molecule has 0 amide bonds. The molecule has 1 aromatic heterocycles. The number of nitrogens with zero attached hydrogens (tertiary/aromatic N) is 2. The molecule has 0 atom stereocenters. The molecule has 1 aliphatic rings. The van der Waals surface area contributed by atoms with Crippen molar-refractivity contribution < 1.29 is 18.3 Å². The molecule has 2 aromatic rings. The van der Waals surface area contributed by atoms with Crippen molar-refractivity contribution in [3.63, 3.8) is 0 Å². The number of benzene rings is 1. The van der Waals surface area contributed by atoms with Crippen LogP contribution in [-0.4, -0.2) is 37.6 Å². The molecule has 3 rings (SSSR count). The minimum Gasteiger partial charge on any atom is -0.478 e. The highest BCUT2D eigenvalue weighted by molar-refractivity contribution is 7.92. The zero-order chi connectivity index (χ0) is 20.1. The average Bonchev–Trinajstić information content (AvgIpc) is 2.97. The van der Waals surface area contributed by atoms with Gasteiger partial charge in [-0.1, -0.05) is 31.9 Å². The topological polar surface area (TPSA) is 99.6 Å². The van der Waals surface area contributed by atoms with E-state index < -0.39 is 16.0 Å². The van der Waals surface area contributed by atoms with Gasteiger partial charge in [0.15, 0.2) is 0 Å². The lowest BCUT2D eigenvalue weighted by Crippen LogP contribution is -2.27. The van der Waals surface area contributed by atoms with Gasteiger partial charge in [0.2, 0.25) is 0 Å². The van der Waals surface area contributed by atoms with E-state index in [2.05, 4.69) is 9.71 Å². The quantitative estimate of drug-likeness (QED) is 0.765. The van der Waals surface area contributed by atoms with Gasteiger partial charge in [-0.3, -0.25) is 4.72 Å². The van der Waals surface area contributed by atoms with E-state index in [1.807, 2.05) is 11.8 Å². The molecule has 8 heteroatoms. The molecule has 1 fully saturated rings. The summed E-state index contributed by atoms with van der Waals surface area (Å²) in [5.41, 5.74) is 1.18. The summed E-state index contributed by atoms with van der Waals surface area (Å²) in [7, 11) is -3.82. The molecule has 2 N–H and O–H groups in total. The van der Waals surface area contributed by atoms with Crippen LogP contribution in [0.3, 0.4) is 0 Å². The van der Waals surface area contributed by atoms with Gasteiger partial charge >= 0.3 is 5.97 Å². The molecule has 150 valence electrons. The number of nitrogens with one attached hydrogen (secondary N) is 1. The lowest BCUT2D eigenvalue weighted by Gasteiger charge is -2.23. The van der Waals surface area contributed by atoms with Gasteiger partial charge in [0, 0.05) is 13.1 Å². The van der Waals surface area contributed by atoms with Gasteiger partial charge in [-0.2, -0.15) is 0 Å². The number of rotatable bonds is 6. The number of hydrogen-bond acceptors (Lipinski definition) is 5. The Bertz CT molecular complexity index is 934. The third-order valence-corrected chi connectivity index (χ3v) is 6.29. The number of pyridine rings is 1. The Morgan fingerprint density at radius 3 is 2.36 bits per heavy atom. The summed E-state index contributed by atoms with van der Waals surface area (Å²) < 4.78 is 27.7. The normalized spacial score (nSPS) is 15.1. The number of sulfonamides is 1. The van der Waals surface area contributed by atoms with E-state index in [9.17, 15) is 18.3 Å². The minimum absolute atomic E-state index is 0.00318. The molecule has 1 aliphatic heterocycles. The molecular formula is C20H25N3O4S. The molecule has 1 saturated heterocycles. The minimum atomic E-state index is -3.82. The van der Waals surface area contributed by atoms with E-state index >= 15 is 0 Å². The van der Waals surface area contributed by atoms with E-state index in [4.69, 9.17) is 0 Å². The van der Waals surface area contributed by atoms with Crippen molar-refractivity contribution in [3.05, 3.63) is 47.7 Å². The predicted octanol–water partition coefficient (Wildman–Crippen LogP) is 3.52. The Morgan fingerprint density at radius 2 is 1.79 bits per heavy atom. The van der Waals surface area contributed by atoms with Crippen LogP contribution in [0, 0.1) is 0 Å². The van der Waals surface area contributed by atoms with Gasteiger partial charge in [0.25, 0.3) is 10.0 Å². The Kier molecular flexibility index (Phi) is 6.18. The summed E-state index contributed by atoms with van der Waals surface area (Å²) in [6, 6.07) is 7.94. The maximum Gasteiger partial charge on any atom is 0.339 e. The molecule has 28 heavy (non-hydrogen) atoms. The first-order chi connectivity index (χ1) is 13.4. The Hall–Kier alpha value is -2.61. The van der Waals surface area contributed by atoms with Crippen LogP contribution < -0.4 is 9.62 Å². The fraction of sp³-hybridized carbons (Fsp3) is 0.400. The van der Waals surface area contributed by atoms with Crippen LogP contribution >= 0.6 is 0 Å². The first kappa shape index (κ1) is 20.1. The highest BCUT2D eigenvalue weighted by Crippen LogP contribution is 2.25. The monoisotopic (exact) mass is 403 g/mol. The van der Waals surface area contributed by atoms with E-state index in [1.54, 1.807) is 12.1 Å². The molecule has 0 aliphatic carbocycles. The number of anilines is 2. The summed E-state index contributed by atoms with van der Waals surface area (Å²) in [4.78, 5) is 18.1. The smallest absolute Gasteiger partial charge is 0.339 e. The summed E-state index contributed by atoms with van der Waals surface area (Å²) in [5.74, 6) is -0.732. The number of carboxylic acids is 1. The fourth-order valence-electron chi connectivity index (χ4n) is 3.32. The zero-order valence-corrected chi connectivity index (χ0v) is 16.7. The second-order valence-electron chi connectivity index (χ2n) is 6.90. The standard InChI is InChI=1S/C20H25N3O4S/c1-2-15-7-9-17(10-8-15)28(26,27)22-16-13-18(20(24)25)19(21-14-16)23-11-5-3-4-6-12-23/h7-10,13-14,22H,2-6,11-12H2,1H3,(H,24,25). The summed E-state index contributed by atoms with van der Waals surface area (Å²) >= 11 is 0. The molecular weight excluding hydrogens is 378 g/mol. The second-order valence-corrected chi connectivity index (χ2v) is 8.59. The molecule has 0 spiro atoms. The first-order valence-corrected chi connectivity index (χ1v) is 11.0. The van der Waals surface area contributed by atoms with Gasteiger partial charge in [0.05, 0.1) is 16.8 Å². The van der Waals surface area contributed by atoms with Gasteiger partial charge < -0.3 is 10.0 Å². The van der Waals surface area contributed by atoms with Crippen LogP contribution in [0.5, 0.6) is 0 Å². The van der Waals surface area contributed by atoms with Crippen molar-refractivity contribution in [1.29, 1.82) is 0 Å². The highest BCUT2D eigenvalue weighted by Gasteiger charge is 2.21. The molecule has 1 aromatic carbocycles. The van der Waals surface area contributed by atoms with Crippen LogP contribution in [-0.2, 0) is 16.4 Å². The van der Waals surface area contributed by atoms with Crippen LogP contribution in [0.15, 0.2) is 41.4 Å². The molecule has 0 saturated carbocycles. The maximum absolute atomic E-state index is 12.6. The molecule has 7 nitrogen and oxygen atoms in total. The number of carboxylic acid groups (broad SMARTS) is 1. The third kappa shape index (κ3) is 4.62. The van der Waals surface area contributed by atoms with Crippen LogP contribution in [0.2, 0.25) is 0 Å². The van der Waals surface area contributed by atoms with Crippen molar-refractivity contribution in [2.75, 3.05) is 22.7 Å². The lowest BCUT2D eigenvalue weighted by atomic mass is 10.2. The lowest BCUT2D eigenvalue weighted by molar-refractivity contribution is 0.0697. The number of hydrogen-bond donors (Lipinski definition) is 2. The van der Waals surface area contributed by atoms with E-state index in [0.29, 0.717) is 5.82 Å². The number of aromatic nitrogens is 1. The number of carbonyl (C=O) groups is 1. The van der Waals surface area contributed by atoms with Crippen molar-refractivity contribution in [1.82, 2.24) is 4.98 Å². The van der Waals surface area contributed by atoms with Crippen molar-refractivity contribution in [2.24, 2.45) is 0 Å². The van der Waals surface area contributed by atoms with Gasteiger partial charge in [-0.15, -0.1) is 0 Å². The fourth-order valence-corrected chi connectivity index (χ4v) is 4.36. The third-order valence-electron chi connectivity index (χ3n) is 4.90. The molecule has 2 heterocycles. The van der Waals surface area contributed by atoms with Crippen molar-refractivity contribution >= 4 is 27.5 Å². The van der Waals surface area contributed by atoms with Crippen LogP contribution in [0.25, 0.3) is 0 Å². The van der Waals surface area contributed by atoms with E-state index in [0.717, 1.165) is 50.8 Å². The predicted molar refractivity (Wildman–Crippen MR) is 109 cm³/mol.